The standard InChI is InChI=1S/C21H27IOSi/c1-21(2,3)24(19-13-7-4-8-14-19,20-15-9-5-10-16-20)23-18-12-6-11-17-22/h4-5,7-11,13-17H,6,12,18H2,1-3H3. The molecule has 0 saturated heterocycles. The molecule has 0 aromatic heterocycles. The lowest BCUT2D eigenvalue weighted by Crippen LogP contribution is -2.66. The first-order chi connectivity index (χ1) is 11.5. The van der Waals surface area contributed by atoms with Crippen LogP contribution in [0, 0.1) is 0 Å². The number of benzene rings is 2. The van der Waals surface area contributed by atoms with E-state index in [-0.39, 0.29) is 5.04 Å². The maximum absolute atomic E-state index is 6.82. The summed E-state index contributed by atoms with van der Waals surface area (Å²) in [5, 5.41) is 2.77. The SMILES string of the molecule is CC(C)(C)[Si](OCCCC=CI)(c1ccccc1)c1ccccc1. The van der Waals surface area contributed by atoms with Gasteiger partial charge in [0.2, 0.25) is 0 Å². The van der Waals surface area contributed by atoms with E-state index < -0.39 is 8.32 Å². The van der Waals surface area contributed by atoms with Gasteiger partial charge in [-0.05, 0) is 32.3 Å². The third-order valence-corrected chi connectivity index (χ3v) is 9.89. The first-order valence-corrected chi connectivity index (χ1v) is 11.7. The predicted octanol–water partition coefficient (Wildman–Crippen LogP) is 5.29. The van der Waals surface area contributed by atoms with Crippen LogP contribution >= 0.6 is 22.6 Å². The van der Waals surface area contributed by atoms with Crippen molar-refractivity contribution in [3.63, 3.8) is 0 Å². The molecule has 2 rings (SSSR count). The Kier molecular flexibility index (Phi) is 7.26. The van der Waals surface area contributed by atoms with Crippen LogP contribution in [0.15, 0.2) is 70.8 Å². The fraction of sp³-hybridized carbons (Fsp3) is 0.333. The Labute approximate surface area is 161 Å². The Hall–Kier alpha value is -0.913. The summed E-state index contributed by atoms with van der Waals surface area (Å²) in [6.45, 7) is 7.77. The van der Waals surface area contributed by atoms with Crippen LogP contribution in [0.3, 0.4) is 0 Å². The lowest BCUT2D eigenvalue weighted by Gasteiger charge is -2.43. The lowest BCUT2D eigenvalue weighted by atomic mass is 10.2. The van der Waals surface area contributed by atoms with Gasteiger partial charge >= 0.3 is 0 Å². The number of unbranched alkanes of at least 4 members (excludes halogenated alkanes) is 1. The van der Waals surface area contributed by atoms with Gasteiger partial charge < -0.3 is 4.43 Å². The summed E-state index contributed by atoms with van der Waals surface area (Å²) in [4.78, 5) is 0. The molecule has 0 aliphatic heterocycles. The van der Waals surface area contributed by atoms with Gasteiger partial charge in [-0.1, -0.05) is 110 Å². The zero-order valence-corrected chi connectivity index (χ0v) is 18.0. The fourth-order valence-corrected chi connectivity index (χ4v) is 8.22. The minimum Gasteiger partial charge on any atom is -0.407 e. The molecule has 0 aliphatic rings. The van der Waals surface area contributed by atoms with Gasteiger partial charge in [0.1, 0.15) is 0 Å². The monoisotopic (exact) mass is 450 g/mol. The van der Waals surface area contributed by atoms with Gasteiger partial charge in [0.15, 0.2) is 0 Å². The first-order valence-electron chi connectivity index (χ1n) is 8.52. The molecule has 0 aliphatic carbocycles. The molecule has 0 bridgehead atoms. The van der Waals surface area contributed by atoms with E-state index in [1.54, 1.807) is 0 Å². The van der Waals surface area contributed by atoms with Crippen molar-refractivity contribution >= 4 is 41.3 Å². The highest BCUT2D eigenvalue weighted by molar-refractivity contribution is 14.1. The van der Waals surface area contributed by atoms with E-state index in [9.17, 15) is 0 Å². The van der Waals surface area contributed by atoms with Crippen molar-refractivity contribution < 1.29 is 4.43 Å². The van der Waals surface area contributed by atoms with Crippen LogP contribution in [0.25, 0.3) is 0 Å². The van der Waals surface area contributed by atoms with Crippen molar-refractivity contribution in [1.82, 2.24) is 0 Å². The van der Waals surface area contributed by atoms with E-state index in [2.05, 4.69) is 114 Å². The molecule has 2 aromatic carbocycles. The molecule has 0 N–H and O–H groups in total. The third-order valence-electron chi connectivity index (χ3n) is 4.34. The average molecular weight is 450 g/mol. The molecule has 0 radical (unpaired) electrons. The molecule has 2 aromatic rings. The van der Waals surface area contributed by atoms with Gasteiger partial charge in [0.25, 0.3) is 8.32 Å². The Morgan fingerprint density at radius 1 is 0.917 bits per heavy atom. The lowest BCUT2D eigenvalue weighted by molar-refractivity contribution is 0.293. The van der Waals surface area contributed by atoms with Crippen LogP contribution in [0.4, 0.5) is 0 Å². The van der Waals surface area contributed by atoms with Crippen LogP contribution < -0.4 is 10.4 Å². The second-order valence-electron chi connectivity index (χ2n) is 7.02. The Balaban J connectivity index is 2.45. The largest absolute Gasteiger partial charge is 0.407 e. The number of hydrogen-bond acceptors (Lipinski definition) is 1. The van der Waals surface area contributed by atoms with Gasteiger partial charge in [-0.3, -0.25) is 0 Å². The zero-order chi connectivity index (χ0) is 17.5. The minimum absolute atomic E-state index is 0.0643. The molecule has 128 valence electrons. The van der Waals surface area contributed by atoms with Crippen molar-refractivity contribution in [2.75, 3.05) is 6.61 Å². The zero-order valence-electron chi connectivity index (χ0n) is 14.8. The van der Waals surface area contributed by atoms with Crippen molar-refractivity contribution in [2.45, 2.75) is 38.7 Å². The molecule has 0 unspecified atom stereocenters. The van der Waals surface area contributed by atoms with Gasteiger partial charge in [-0.15, -0.1) is 0 Å². The second kappa shape index (κ2) is 8.97. The molecule has 1 nitrogen and oxygen atoms in total. The quantitative estimate of drug-likeness (QED) is 0.316. The average Bonchev–Trinajstić information content (AvgIpc) is 2.59. The maximum atomic E-state index is 6.82. The topological polar surface area (TPSA) is 9.23 Å². The van der Waals surface area contributed by atoms with Gasteiger partial charge in [0, 0.05) is 6.61 Å². The van der Waals surface area contributed by atoms with Crippen LogP contribution in [0.1, 0.15) is 33.6 Å². The summed E-state index contributed by atoms with van der Waals surface area (Å²) >= 11 is 2.27. The highest BCUT2D eigenvalue weighted by Gasteiger charge is 2.49. The van der Waals surface area contributed by atoms with Crippen molar-refractivity contribution in [2.24, 2.45) is 0 Å². The van der Waals surface area contributed by atoms with Crippen LogP contribution in [0.2, 0.25) is 5.04 Å². The molecule has 0 spiro atoms. The van der Waals surface area contributed by atoms with Gasteiger partial charge in [-0.2, -0.15) is 0 Å². The number of allylic oxidation sites excluding steroid dienone is 1. The van der Waals surface area contributed by atoms with Gasteiger partial charge in [-0.25, -0.2) is 0 Å². The Bertz CT molecular complexity index is 592. The molecular weight excluding hydrogens is 423 g/mol. The number of hydrogen-bond donors (Lipinski definition) is 0. The molecule has 0 atom stereocenters. The van der Waals surface area contributed by atoms with Crippen LogP contribution in [-0.2, 0) is 4.43 Å². The minimum atomic E-state index is -2.34. The summed E-state index contributed by atoms with van der Waals surface area (Å²) in [6, 6.07) is 21.7. The smallest absolute Gasteiger partial charge is 0.261 e. The molecule has 0 heterocycles. The number of halogens is 1. The summed E-state index contributed by atoms with van der Waals surface area (Å²) in [5.74, 6) is 0. The van der Waals surface area contributed by atoms with E-state index in [1.165, 1.54) is 10.4 Å². The Morgan fingerprint density at radius 3 is 1.83 bits per heavy atom. The Morgan fingerprint density at radius 2 is 1.42 bits per heavy atom. The summed E-state index contributed by atoms with van der Waals surface area (Å²) in [5.41, 5.74) is 0. The van der Waals surface area contributed by atoms with Crippen molar-refractivity contribution in [3.8, 4) is 0 Å². The molecule has 0 amide bonds. The van der Waals surface area contributed by atoms with Crippen LogP contribution in [-0.4, -0.2) is 14.9 Å². The molecular formula is C21H27IOSi. The van der Waals surface area contributed by atoms with E-state index >= 15 is 0 Å². The van der Waals surface area contributed by atoms with E-state index in [0.29, 0.717) is 0 Å². The second-order valence-corrected chi connectivity index (χ2v) is 12.0. The normalized spacial score (nSPS) is 12.7. The predicted molar refractivity (Wildman–Crippen MR) is 116 cm³/mol. The molecule has 0 saturated carbocycles. The van der Waals surface area contributed by atoms with Crippen molar-refractivity contribution in [3.05, 3.63) is 70.8 Å². The third kappa shape index (κ3) is 4.38. The van der Waals surface area contributed by atoms with Crippen LogP contribution in [0.5, 0.6) is 0 Å². The molecule has 0 fully saturated rings. The van der Waals surface area contributed by atoms with E-state index in [4.69, 9.17) is 4.43 Å². The van der Waals surface area contributed by atoms with Gasteiger partial charge in [0.05, 0.1) is 0 Å². The number of rotatable bonds is 7. The van der Waals surface area contributed by atoms with Crippen molar-refractivity contribution in [1.29, 1.82) is 0 Å². The summed E-state index contributed by atoms with van der Waals surface area (Å²) in [6.07, 6.45) is 4.33. The highest BCUT2D eigenvalue weighted by atomic mass is 127. The maximum Gasteiger partial charge on any atom is 0.261 e. The fourth-order valence-electron chi connectivity index (χ4n) is 3.25. The summed E-state index contributed by atoms with van der Waals surface area (Å²) < 4.78 is 8.90. The van der Waals surface area contributed by atoms with E-state index in [1.807, 2.05) is 0 Å². The van der Waals surface area contributed by atoms with E-state index in [0.717, 1.165) is 19.4 Å². The molecule has 3 heteroatoms. The highest BCUT2D eigenvalue weighted by Crippen LogP contribution is 2.36. The summed E-state index contributed by atoms with van der Waals surface area (Å²) in [7, 11) is -2.34. The molecule has 24 heavy (non-hydrogen) atoms. The first kappa shape index (κ1) is 19.4.